The molecule has 3 heteroatoms. The highest BCUT2D eigenvalue weighted by atomic mass is 16.5. The van der Waals surface area contributed by atoms with E-state index in [1.807, 2.05) is 60.7 Å². The van der Waals surface area contributed by atoms with Crippen molar-refractivity contribution in [2.75, 3.05) is 12.8 Å². The van der Waals surface area contributed by atoms with Gasteiger partial charge in [-0.15, -0.1) is 0 Å². The second-order valence-corrected chi connectivity index (χ2v) is 6.52. The fraction of sp³-hybridized carbons (Fsp3) is 0.0833. The van der Waals surface area contributed by atoms with Crippen molar-refractivity contribution >= 4 is 16.5 Å². The minimum atomic E-state index is 0.712. The summed E-state index contributed by atoms with van der Waals surface area (Å²) in [6.45, 7) is 2.11. The summed E-state index contributed by atoms with van der Waals surface area (Å²) >= 11 is 0. The fourth-order valence-electron chi connectivity index (χ4n) is 3.34. The van der Waals surface area contributed by atoms with Gasteiger partial charge in [0.15, 0.2) is 0 Å². The number of methoxy groups -OCH3 is 1. The Morgan fingerprint density at radius 2 is 1.48 bits per heavy atom. The summed E-state index contributed by atoms with van der Waals surface area (Å²) in [7, 11) is 1.68. The van der Waals surface area contributed by atoms with Crippen molar-refractivity contribution in [2.45, 2.75) is 6.92 Å². The molecule has 134 valence electrons. The van der Waals surface area contributed by atoms with E-state index in [9.17, 15) is 0 Å². The molecule has 0 aliphatic carbocycles. The van der Waals surface area contributed by atoms with Gasteiger partial charge in [0.2, 0.25) is 0 Å². The van der Waals surface area contributed by atoms with Gasteiger partial charge in [0.25, 0.3) is 0 Å². The van der Waals surface area contributed by atoms with Crippen molar-refractivity contribution in [1.29, 1.82) is 0 Å². The molecule has 3 nitrogen and oxygen atoms in total. The van der Waals surface area contributed by atoms with E-state index < -0.39 is 0 Å². The molecule has 0 aliphatic heterocycles. The number of anilines is 1. The number of ether oxygens (including phenoxy) is 2. The van der Waals surface area contributed by atoms with Gasteiger partial charge in [-0.25, -0.2) is 0 Å². The van der Waals surface area contributed by atoms with Crippen LogP contribution in [0.15, 0.2) is 78.9 Å². The van der Waals surface area contributed by atoms with E-state index in [-0.39, 0.29) is 0 Å². The average molecular weight is 355 g/mol. The first-order valence-corrected chi connectivity index (χ1v) is 8.86. The maximum absolute atomic E-state index is 6.39. The van der Waals surface area contributed by atoms with Crippen LogP contribution in [0.2, 0.25) is 0 Å². The predicted octanol–water partition coefficient (Wildman–Crippen LogP) is 6.20. The third kappa shape index (κ3) is 3.32. The highest BCUT2D eigenvalue weighted by Gasteiger charge is 2.16. The predicted molar refractivity (Wildman–Crippen MR) is 112 cm³/mol. The Bertz CT molecular complexity index is 1090. The van der Waals surface area contributed by atoms with Crippen LogP contribution in [0.4, 0.5) is 5.69 Å². The van der Waals surface area contributed by atoms with Crippen LogP contribution in [0.1, 0.15) is 5.56 Å². The van der Waals surface area contributed by atoms with Crippen LogP contribution in [0, 0.1) is 6.92 Å². The van der Waals surface area contributed by atoms with Gasteiger partial charge in [-0.2, -0.15) is 0 Å². The van der Waals surface area contributed by atoms with Crippen molar-refractivity contribution in [3.8, 4) is 28.4 Å². The average Bonchev–Trinajstić information content (AvgIpc) is 2.70. The summed E-state index contributed by atoms with van der Waals surface area (Å²) < 4.78 is 11.8. The van der Waals surface area contributed by atoms with Crippen molar-refractivity contribution in [3.63, 3.8) is 0 Å². The molecule has 4 aromatic carbocycles. The second-order valence-electron chi connectivity index (χ2n) is 6.52. The van der Waals surface area contributed by atoms with E-state index in [0.29, 0.717) is 5.69 Å². The highest BCUT2D eigenvalue weighted by molar-refractivity contribution is 5.97. The van der Waals surface area contributed by atoms with Gasteiger partial charge >= 0.3 is 0 Å². The molecule has 0 fully saturated rings. The Kier molecular flexibility index (Phi) is 4.43. The lowest BCUT2D eigenvalue weighted by Gasteiger charge is -2.18. The number of nitrogen functional groups attached to an aromatic ring is 1. The Morgan fingerprint density at radius 3 is 2.19 bits per heavy atom. The van der Waals surface area contributed by atoms with E-state index in [1.165, 1.54) is 0 Å². The van der Waals surface area contributed by atoms with Gasteiger partial charge in [0.1, 0.15) is 17.2 Å². The maximum atomic E-state index is 6.39. The van der Waals surface area contributed by atoms with Gasteiger partial charge in [0, 0.05) is 16.6 Å². The van der Waals surface area contributed by atoms with Crippen LogP contribution in [0.3, 0.4) is 0 Å². The normalized spacial score (nSPS) is 10.7. The van der Waals surface area contributed by atoms with Crippen molar-refractivity contribution in [1.82, 2.24) is 0 Å². The van der Waals surface area contributed by atoms with Gasteiger partial charge in [-0.1, -0.05) is 36.4 Å². The van der Waals surface area contributed by atoms with E-state index in [0.717, 1.165) is 44.7 Å². The van der Waals surface area contributed by atoms with Gasteiger partial charge in [-0.05, 0) is 65.9 Å². The molecule has 4 aromatic rings. The van der Waals surface area contributed by atoms with Crippen LogP contribution in [0.5, 0.6) is 17.2 Å². The number of fused-ring (bicyclic) bond motifs is 1. The van der Waals surface area contributed by atoms with E-state index in [4.69, 9.17) is 15.2 Å². The number of nitrogens with two attached hydrogens (primary N) is 1. The van der Waals surface area contributed by atoms with Crippen molar-refractivity contribution in [2.24, 2.45) is 0 Å². The van der Waals surface area contributed by atoms with Crippen LogP contribution in [0.25, 0.3) is 21.9 Å². The molecule has 0 aromatic heterocycles. The topological polar surface area (TPSA) is 44.5 Å². The van der Waals surface area contributed by atoms with E-state index >= 15 is 0 Å². The standard InChI is InChI=1S/C24H21NO2/c1-16-14-18-15-21(26-2)12-13-22(18)24(23(16)17-6-4-3-5-7-17)27-20-10-8-19(25)9-11-20/h3-15H,25H2,1-2H3. The van der Waals surface area contributed by atoms with Crippen LogP contribution >= 0.6 is 0 Å². The minimum Gasteiger partial charge on any atom is -0.497 e. The molecule has 0 amide bonds. The van der Waals surface area contributed by atoms with E-state index in [2.05, 4.69) is 25.1 Å². The Hall–Kier alpha value is -3.46. The van der Waals surface area contributed by atoms with Crippen LogP contribution in [-0.4, -0.2) is 7.11 Å². The molecule has 0 unspecified atom stereocenters. The molecular formula is C24H21NO2. The zero-order valence-corrected chi connectivity index (χ0v) is 15.4. The van der Waals surface area contributed by atoms with Gasteiger partial charge in [0.05, 0.1) is 7.11 Å². The maximum Gasteiger partial charge on any atom is 0.143 e. The van der Waals surface area contributed by atoms with E-state index in [1.54, 1.807) is 7.11 Å². The number of benzene rings is 4. The number of hydrogen-bond donors (Lipinski definition) is 1. The summed E-state index contributed by atoms with van der Waals surface area (Å²) in [5, 5.41) is 2.12. The third-order valence-corrected chi connectivity index (χ3v) is 4.66. The molecule has 2 N–H and O–H groups in total. The van der Waals surface area contributed by atoms with Crippen molar-refractivity contribution in [3.05, 3.63) is 84.4 Å². The Balaban J connectivity index is 1.97. The van der Waals surface area contributed by atoms with Crippen molar-refractivity contribution < 1.29 is 9.47 Å². The summed E-state index contributed by atoms with van der Waals surface area (Å²) in [6.07, 6.45) is 0. The smallest absolute Gasteiger partial charge is 0.143 e. The molecule has 27 heavy (non-hydrogen) atoms. The van der Waals surface area contributed by atoms with Gasteiger partial charge in [-0.3, -0.25) is 0 Å². The minimum absolute atomic E-state index is 0.712. The number of hydrogen-bond acceptors (Lipinski definition) is 3. The molecule has 0 radical (unpaired) electrons. The molecule has 0 saturated heterocycles. The molecule has 0 saturated carbocycles. The fourth-order valence-corrected chi connectivity index (χ4v) is 3.34. The molecule has 0 aliphatic rings. The molecule has 0 heterocycles. The summed E-state index contributed by atoms with van der Waals surface area (Å²) in [5.74, 6) is 2.42. The molecule has 0 spiro atoms. The van der Waals surface area contributed by atoms with Gasteiger partial charge < -0.3 is 15.2 Å². The first-order valence-electron chi connectivity index (χ1n) is 8.86. The lowest BCUT2D eigenvalue weighted by Crippen LogP contribution is -1.94. The number of aryl methyl sites for hydroxylation is 1. The first-order chi connectivity index (χ1) is 13.2. The summed E-state index contributed by atoms with van der Waals surface area (Å²) in [6, 6.07) is 26.0. The highest BCUT2D eigenvalue weighted by Crippen LogP contribution is 2.42. The van der Waals surface area contributed by atoms with Crippen LogP contribution < -0.4 is 15.2 Å². The second kappa shape index (κ2) is 7.04. The SMILES string of the molecule is COc1ccc2c(Oc3ccc(N)cc3)c(-c3ccccc3)c(C)cc2c1. The first kappa shape index (κ1) is 17.0. The molecule has 0 bridgehead atoms. The summed E-state index contributed by atoms with van der Waals surface area (Å²) in [4.78, 5) is 0. The third-order valence-electron chi connectivity index (χ3n) is 4.66. The Labute approximate surface area is 159 Å². The molecule has 0 atom stereocenters. The monoisotopic (exact) mass is 355 g/mol. The lowest BCUT2D eigenvalue weighted by atomic mass is 9.94. The largest absolute Gasteiger partial charge is 0.497 e. The number of rotatable bonds is 4. The van der Waals surface area contributed by atoms with Crippen LogP contribution in [-0.2, 0) is 0 Å². The molecular weight excluding hydrogens is 334 g/mol. The summed E-state index contributed by atoms with van der Waals surface area (Å²) in [5.41, 5.74) is 9.89. The zero-order valence-electron chi connectivity index (χ0n) is 15.4. The quantitative estimate of drug-likeness (QED) is 0.443. The Morgan fingerprint density at radius 1 is 0.778 bits per heavy atom. The molecule has 4 rings (SSSR count). The zero-order chi connectivity index (χ0) is 18.8. The lowest BCUT2D eigenvalue weighted by molar-refractivity contribution is 0.415.